The molecular weight excluding hydrogens is 442 g/mol. The molecule has 0 atom stereocenters. The van der Waals surface area contributed by atoms with Crippen LogP contribution in [0.2, 0.25) is 0 Å². The van der Waals surface area contributed by atoms with E-state index in [9.17, 15) is 13.2 Å². The average Bonchev–Trinajstić information content (AvgIpc) is 3.27. The van der Waals surface area contributed by atoms with Gasteiger partial charge in [-0.15, -0.1) is 11.3 Å². The van der Waals surface area contributed by atoms with Crippen LogP contribution in [-0.4, -0.2) is 44.0 Å². The second-order valence-electron chi connectivity index (χ2n) is 9.33. The highest BCUT2D eigenvalue weighted by Crippen LogP contribution is 2.33. The summed E-state index contributed by atoms with van der Waals surface area (Å²) in [5, 5.41) is 0. The third-order valence-electron chi connectivity index (χ3n) is 6.96. The number of aryl methyl sites for hydroxylation is 2. The van der Waals surface area contributed by atoms with Gasteiger partial charge in [-0.2, -0.15) is 0 Å². The van der Waals surface area contributed by atoms with Crippen LogP contribution in [0.3, 0.4) is 0 Å². The molecule has 1 aliphatic heterocycles. The molecule has 2 fully saturated rings. The summed E-state index contributed by atoms with van der Waals surface area (Å²) in [5.41, 5.74) is 2.29. The maximum absolute atomic E-state index is 13.0. The van der Waals surface area contributed by atoms with Crippen LogP contribution in [0.15, 0.2) is 27.2 Å². The van der Waals surface area contributed by atoms with E-state index in [1.807, 2.05) is 26.0 Å². The maximum atomic E-state index is 13.0. The minimum absolute atomic E-state index is 0.00494. The van der Waals surface area contributed by atoms with Crippen LogP contribution in [-0.2, 0) is 16.4 Å². The van der Waals surface area contributed by atoms with Gasteiger partial charge in [-0.25, -0.2) is 13.1 Å². The molecule has 0 radical (unpaired) electrons. The molecule has 176 valence electrons. The van der Waals surface area contributed by atoms with Gasteiger partial charge in [0.25, 0.3) is 5.56 Å². The zero-order chi connectivity index (χ0) is 22.7. The van der Waals surface area contributed by atoms with Gasteiger partial charge in [0.2, 0.25) is 10.0 Å². The van der Waals surface area contributed by atoms with Crippen molar-refractivity contribution in [3.8, 4) is 10.4 Å². The SMILES string of the molecule is CCc1cc(-c2ccc(S(=O)(=O)NC3CCN(CC4CCCCC4)CC3)s2)c(C)[nH]c1=O. The molecule has 3 heterocycles. The van der Waals surface area contributed by atoms with Gasteiger partial charge in [0.15, 0.2) is 0 Å². The predicted octanol–water partition coefficient (Wildman–Crippen LogP) is 4.30. The first-order valence-electron chi connectivity index (χ1n) is 11.9. The number of aromatic nitrogens is 1. The maximum Gasteiger partial charge on any atom is 0.251 e. The van der Waals surface area contributed by atoms with Crippen molar-refractivity contribution in [3.05, 3.63) is 39.8 Å². The van der Waals surface area contributed by atoms with Crippen molar-refractivity contribution in [1.82, 2.24) is 14.6 Å². The number of aromatic amines is 1. The third-order valence-corrected chi connectivity index (χ3v) is 10.1. The number of nitrogens with zero attached hydrogens (tertiary/aromatic N) is 1. The molecule has 4 rings (SSSR count). The zero-order valence-electron chi connectivity index (χ0n) is 19.2. The minimum atomic E-state index is -3.55. The van der Waals surface area contributed by atoms with E-state index in [4.69, 9.17) is 0 Å². The molecule has 1 saturated carbocycles. The highest BCUT2D eigenvalue weighted by molar-refractivity contribution is 7.91. The number of pyridine rings is 1. The lowest BCUT2D eigenvalue weighted by atomic mass is 9.88. The van der Waals surface area contributed by atoms with Gasteiger partial charge < -0.3 is 9.88 Å². The number of nitrogens with one attached hydrogen (secondary N) is 2. The fraction of sp³-hybridized carbons (Fsp3) is 0.625. The van der Waals surface area contributed by atoms with Crippen molar-refractivity contribution in [1.29, 1.82) is 0 Å². The van der Waals surface area contributed by atoms with E-state index in [1.165, 1.54) is 50.0 Å². The van der Waals surface area contributed by atoms with Crippen molar-refractivity contribution in [2.45, 2.75) is 75.5 Å². The summed E-state index contributed by atoms with van der Waals surface area (Å²) in [6.07, 6.45) is 9.17. The molecule has 8 heteroatoms. The fourth-order valence-corrected chi connectivity index (χ4v) is 7.74. The molecule has 2 aromatic rings. The zero-order valence-corrected chi connectivity index (χ0v) is 20.8. The lowest BCUT2D eigenvalue weighted by molar-refractivity contribution is 0.161. The van der Waals surface area contributed by atoms with Crippen LogP contribution in [0.1, 0.15) is 63.1 Å². The van der Waals surface area contributed by atoms with Gasteiger partial charge in [-0.1, -0.05) is 26.2 Å². The van der Waals surface area contributed by atoms with Crippen LogP contribution in [0.4, 0.5) is 0 Å². The van der Waals surface area contributed by atoms with Gasteiger partial charge in [-0.3, -0.25) is 4.79 Å². The van der Waals surface area contributed by atoms with Crippen LogP contribution >= 0.6 is 11.3 Å². The number of thiophene rings is 1. The summed E-state index contributed by atoms with van der Waals surface area (Å²) in [4.78, 5) is 18.3. The number of sulfonamides is 1. The van der Waals surface area contributed by atoms with Gasteiger partial charge in [0.1, 0.15) is 4.21 Å². The largest absolute Gasteiger partial charge is 0.326 e. The molecule has 32 heavy (non-hydrogen) atoms. The molecule has 0 spiro atoms. The fourth-order valence-electron chi connectivity index (χ4n) is 5.04. The van der Waals surface area contributed by atoms with E-state index < -0.39 is 10.0 Å². The van der Waals surface area contributed by atoms with Gasteiger partial charge in [0.05, 0.1) is 0 Å². The molecule has 2 N–H and O–H groups in total. The lowest BCUT2D eigenvalue weighted by Crippen LogP contribution is -2.45. The Hall–Kier alpha value is -1.48. The number of hydrogen-bond acceptors (Lipinski definition) is 5. The number of piperidine rings is 1. The molecule has 0 amide bonds. The Morgan fingerprint density at radius 3 is 2.53 bits per heavy atom. The number of rotatable bonds is 7. The molecule has 2 aliphatic rings. The second kappa shape index (κ2) is 10.2. The molecule has 0 unspecified atom stereocenters. The highest BCUT2D eigenvalue weighted by atomic mass is 32.2. The van der Waals surface area contributed by atoms with Crippen molar-refractivity contribution in [2.24, 2.45) is 5.92 Å². The van der Waals surface area contributed by atoms with Crippen molar-refractivity contribution in [2.75, 3.05) is 19.6 Å². The third kappa shape index (κ3) is 5.53. The summed E-state index contributed by atoms with van der Waals surface area (Å²) in [6, 6.07) is 5.39. The van der Waals surface area contributed by atoms with Crippen LogP contribution < -0.4 is 10.3 Å². The standard InChI is InChI=1S/C24H35N3O3S2/c1-3-19-15-21(17(2)25-24(19)28)22-9-10-23(31-22)32(29,30)26-20-11-13-27(14-12-20)16-18-7-5-4-6-8-18/h9-10,15,18,20,26H,3-8,11-14,16H2,1-2H3,(H,25,28). The summed E-state index contributed by atoms with van der Waals surface area (Å²) in [5.74, 6) is 0.825. The number of H-pyrrole nitrogens is 1. The second-order valence-corrected chi connectivity index (χ2v) is 12.4. The van der Waals surface area contributed by atoms with Crippen LogP contribution in [0, 0.1) is 12.8 Å². The Morgan fingerprint density at radius 2 is 1.84 bits per heavy atom. The van der Waals surface area contributed by atoms with Crippen LogP contribution in [0.5, 0.6) is 0 Å². The summed E-state index contributed by atoms with van der Waals surface area (Å²) < 4.78 is 29.3. The first kappa shape index (κ1) is 23.7. The normalized spacial score (nSPS) is 19.4. The highest BCUT2D eigenvalue weighted by Gasteiger charge is 2.27. The van der Waals surface area contributed by atoms with Gasteiger partial charge in [0, 0.05) is 34.3 Å². The molecule has 2 aromatic heterocycles. The molecule has 0 bridgehead atoms. The number of hydrogen-bond donors (Lipinski definition) is 2. The molecule has 1 saturated heterocycles. The minimum Gasteiger partial charge on any atom is -0.326 e. The lowest BCUT2D eigenvalue weighted by Gasteiger charge is -2.35. The first-order valence-corrected chi connectivity index (χ1v) is 14.2. The van der Waals surface area contributed by atoms with Crippen molar-refractivity contribution < 1.29 is 8.42 Å². The monoisotopic (exact) mass is 477 g/mol. The van der Waals surface area contributed by atoms with E-state index in [0.29, 0.717) is 16.2 Å². The summed E-state index contributed by atoms with van der Waals surface area (Å²) >= 11 is 1.26. The van der Waals surface area contributed by atoms with E-state index in [1.54, 1.807) is 6.07 Å². The Morgan fingerprint density at radius 1 is 1.12 bits per heavy atom. The Kier molecular flexibility index (Phi) is 7.54. The summed E-state index contributed by atoms with van der Waals surface area (Å²) in [6.45, 7) is 6.90. The van der Waals surface area contributed by atoms with Crippen molar-refractivity contribution >= 4 is 21.4 Å². The first-order chi connectivity index (χ1) is 15.4. The molecule has 0 aromatic carbocycles. The topological polar surface area (TPSA) is 82.3 Å². The van der Waals surface area contributed by atoms with Crippen molar-refractivity contribution in [3.63, 3.8) is 0 Å². The Balaban J connectivity index is 1.38. The Labute approximate surface area is 195 Å². The molecule has 6 nitrogen and oxygen atoms in total. The number of likely N-dealkylation sites (tertiary alicyclic amines) is 1. The van der Waals surface area contributed by atoms with E-state index in [-0.39, 0.29) is 11.6 Å². The van der Waals surface area contributed by atoms with Crippen LogP contribution in [0.25, 0.3) is 10.4 Å². The molecule has 1 aliphatic carbocycles. The quantitative estimate of drug-likeness (QED) is 0.623. The van der Waals surface area contributed by atoms with Gasteiger partial charge in [-0.05, 0) is 76.2 Å². The van der Waals surface area contributed by atoms with E-state index in [0.717, 1.165) is 48.0 Å². The summed E-state index contributed by atoms with van der Waals surface area (Å²) in [7, 11) is -3.55. The average molecular weight is 478 g/mol. The van der Waals surface area contributed by atoms with Gasteiger partial charge >= 0.3 is 0 Å². The predicted molar refractivity (Wildman–Crippen MR) is 131 cm³/mol. The van der Waals surface area contributed by atoms with E-state index >= 15 is 0 Å². The smallest absolute Gasteiger partial charge is 0.251 e. The Bertz CT molecular complexity index is 1080. The molecular formula is C24H35N3O3S2. The van der Waals surface area contributed by atoms with E-state index in [2.05, 4.69) is 14.6 Å².